The molecule has 7 nitrogen and oxygen atoms in total. The lowest BCUT2D eigenvalue weighted by Crippen LogP contribution is -2.57. The highest BCUT2D eigenvalue weighted by Gasteiger charge is 2.37. The molecule has 3 N–H and O–H groups in total. The predicted octanol–water partition coefficient (Wildman–Crippen LogP) is 4.48. The minimum atomic E-state index is -0.292. The monoisotopic (exact) mass is 492 g/mol. The molecule has 1 saturated heterocycles. The molecule has 8 heteroatoms. The van der Waals surface area contributed by atoms with Crippen LogP contribution in [0.15, 0.2) is 72.1 Å². The van der Waals surface area contributed by atoms with E-state index in [9.17, 15) is 9.59 Å². The Bertz CT molecular complexity index is 1100. The van der Waals surface area contributed by atoms with Gasteiger partial charge < -0.3 is 20.7 Å². The molecule has 35 heavy (non-hydrogen) atoms. The van der Waals surface area contributed by atoms with E-state index in [4.69, 9.17) is 4.74 Å². The topological polar surface area (TPSA) is 82.7 Å². The third kappa shape index (κ3) is 6.91. The van der Waals surface area contributed by atoms with Crippen molar-refractivity contribution in [3.8, 4) is 0 Å². The third-order valence-corrected chi connectivity index (χ3v) is 7.34. The summed E-state index contributed by atoms with van der Waals surface area (Å²) in [6.45, 7) is 3.13. The number of hydrogen-bond acceptors (Lipinski definition) is 5. The summed E-state index contributed by atoms with van der Waals surface area (Å²) < 4.78 is 5.61. The molecule has 0 unspecified atom stereocenters. The highest BCUT2D eigenvalue weighted by molar-refractivity contribution is 7.09. The molecule has 0 aliphatic carbocycles. The van der Waals surface area contributed by atoms with Gasteiger partial charge in [-0.05, 0) is 55.1 Å². The van der Waals surface area contributed by atoms with Crippen LogP contribution in [0, 0.1) is 0 Å². The Labute approximate surface area is 210 Å². The van der Waals surface area contributed by atoms with Crippen molar-refractivity contribution in [3.63, 3.8) is 0 Å². The second-order valence-corrected chi connectivity index (χ2v) is 9.86. The summed E-state index contributed by atoms with van der Waals surface area (Å²) >= 11 is 1.60. The molecule has 184 valence electrons. The molecule has 0 spiro atoms. The van der Waals surface area contributed by atoms with Crippen molar-refractivity contribution in [2.75, 3.05) is 32.1 Å². The van der Waals surface area contributed by atoms with Crippen molar-refractivity contribution in [3.05, 3.63) is 88.1 Å². The predicted molar refractivity (Wildman–Crippen MR) is 140 cm³/mol. The Balaban J connectivity index is 1.33. The summed E-state index contributed by atoms with van der Waals surface area (Å²) in [5.41, 5.74) is 2.13. The largest absolute Gasteiger partial charge is 0.381 e. The van der Waals surface area contributed by atoms with Gasteiger partial charge in [0.25, 0.3) is 5.91 Å². The molecule has 0 bridgehead atoms. The smallest absolute Gasteiger partial charge is 0.319 e. The molecule has 1 aliphatic heterocycles. The van der Waals surface area contributed by atoms with Gasteiger partial charge in [-0.3, -0.25) is 9.69 Å². The van der Waals surface area contributed by atoms with Crippen molar-refractivity contribution in [1.82, 2.24) is 15.5 Å². The fourth-order valence-electron chi connectivity index (χ4n) is 4.31. The zero-order valence-corrected chi connectivity index (χ0v) is 20.8. The minimum Gasteiger partial charge on any atom is -0.381 e. The summed E-state index contributed by atoms with van der Waals surface area (Å²) in [5.74, 6) is -0.175. The van der Waals surface area contributed by atoms with Crippen LogP contribution in [0.5, 0.6) is 0 Å². The van der Waals surface area contributed by atoms with Crippen LogP contribution < -0.4 is 16.0 Å². The summed E-state index contributed by atoms with van der Waals surface area (Å²) in [7, 11) is 2.11. The summed E-state index contributed by atoms with van der Waals surface area (Å²) in [6.07, 6.45) is 1.69. The Morgan fingerprint density at radius 1 is 1.00 bits per heavy atom. The van der Waals surface area contributed by atoms with Crippen LogP contribution in [0.25, 0.3) is 0 Å². The summed E-state index contributed by atoms with van der Waals surface area (Å²) in [4.78, 5) is 28.7. The first kappa shape index (κ1) is 24.9. The van der Waals surface area contributed by atoms with E-state index in [1.54, 1.807) is 35.6 Å². The number of carbonyl (C=O) groups excluding carboxylic acids is 2. The van der Waals surface area contributed by atoms with E-state index in [2.05, 4.69) is 40.0 Å². The van der Waals surface area contributed by atoms with Crippen LogP contribution in [-0.4, -0.2) is 49.2 Å². The highest BCUT2D eigenvalue weighted by atomic mass is 32.1. The standard InChI is InChI=1S/C27H32N4O3S/c1-31(19-21-7-3-2-4-8-21)27(12-14-34-15-13-27)20-29-26(33)30-23-10-5-9-22(17-23)25(32)28-18-24-11-6-16-35-24/h2-11,16-17H,12-15,18-20H2,1H3,(H,28,32)(H2,29,30,33). The Morgan fingerprint density at radius 2 is 1.80 bits per heavy atom. The number of nitrogens with zero attached hydrogens (tertiary/aromatic N) is 1. The first-order chi connectivity index (χ1) is 17.0. The average Bonchev–Trinajstić information content (AvgIpc) is 3.41. The number of hydrogen-bond donors (Lipinski definition) is 3. The number of ether oxygens (including phenoxy) is 1. The Kier molecular flexibility index (Phi) is 8.52. The fourth-order valence-corrected chi connectivity index (χ4v) is 4.96. The Hall–Kier alpha value is -3.20. The fraction of sp³-hybridized carbons (Fsp3) is 0.333. The molecular weight excluding hydrogens is 460 g/mol. The maximum atomic E-state index is 12.8. The van der Waals surface area contributed by atoms with Crippen LogP contribution in [0.2, 0.25) is 0 Å². The highest BCUT2D eigenvalue weighted by Crippen LogP contribution is 2.28. The summed E-state index contributed by atoms with van der Waals surface area (Å²) in [5, 5.41) is 10.8. The van der Waals surface area contributed by atoms with Gasteiger partial charge in [0.05, 0.1) is 6.54 Å². The Morgan fingerprint density at radius 3 is 2.54 bits per heavy atom. The van der Waals surface area contributed by atoms with E-state index in [0.29, 0.717) is 37.6 Å². The quantitative estimate of drug-likeness (QED) is 0.411. The molecular formula is C27H32N4O3S. The van der Waals surface area contributed by atoms with E-state index in [1.807, 2.05) is 35.7 Å². The van der Waals surface area contributed by atoms with Gasteiger partial charge in [0.2, 0.25) is 0 Å². The van der Waals surface area contributed by atoms with Gasteiger partial charge >= 0.3 is 6.03 Å². The lowest BCUT2D eigenvalue weighted by Gasteiger charge is -2.44. The SMILES string of the molecule is CN(Cc1ccccc1)C1(CNC(=O)Nc2cccc(C(=O)NCc3cccs3)c2)CCOCC1. The number of carbonyl (C=O) groups is 2. The first-order valence-corrected chi connectivity index (χ1v) is 12.7. The molecule has 3 amide bonds. The lowest BCUT2D eigenvalue weighted by atomic mass is 9.87. The second kappa shape index (κ2) is 12.0. The third-order valence-electron chi connectivity index (χ3n) is 6.46. The van der Waals surface area contributed by atoms with E-state index in [0.717, 1.165) is 24.3 Å². The molecule has 1 fully saturated rings. The number of benzene rings is 2. The molecule has 2 aromatic carbocycles. The van der Waals surface area contributed by atoms with Crippen molar-refractivity contribution < 1.29 is 14.3 Å². The van der Waals surface area contributed by atoms with Crippen LogP contribution in [0.4, 0.5) is 10.5 Å². The van der Waals surface area contributed by atoms with E-state index >= 15 is 0 Å². The van der Waals surface area contributed by atoms with E-state index in [-0.39, 0.29) is 17.5 Å². The van der Waals surface area contributed by atoms with Gasteiger partial charge in [0.1, 0.15) is 0 Å². The molecule has 3 aromatic rings. The van der Waals surface area contributed by atoms with Crippen molar-refractivity contribution in [1.29, 1.82) is 0 Å². The zero-order valence-electron chi connectivity index (χ0n) is 20.0. The van der Waals surface area contributed by atoms with Crippen LogP contribution in [0.1, 0.15) is 33.6 Å². The molecule has 0 atom stereocenters. The number of likely N-dealkylation sites (N-methyl/N-ethyl adjacent to an activating group) is 1. The van der Waals surface area contributed by atoms with Crippen LogP contribution >= 0.6 is 11.3 Å². The lowest BCUT2D eigenvalue weighted by molar-refractivity contribution is -0.0191. The number of amides is 3. The van der Waals surface area contributed by atoms with Crippen molar-refractivity contribution in [2.45, 2.75) is 31.5 Å². The summed E-state index contributed by atoms with van der Waals surface area (Å²) in [6, 6.07) is 21.0. The molecule has 0 radical (unpaired) electrons. The molecule has 0 saturated carbocycles. The van der Waals surface area contributed by atoms with E-state index < -0.39 is 0 Å². The number of thiophene rings is 1. The molecule has 1 aliphatic rings. The number of anilines is 1. The average molecular weight is 493 g/mol. The number of nitrogens with one attached hydrogen (secondary N) is 3. The number of urea groups is 1. The van der Waals surface area contributed by atoms with Gasteiger partial charge in [-0.15, -0.1) is 11.3 Å². The molecule has 2 heterocycles. The van der Waals surface area contributed by atoms with Crippen LogP contribution in [0.3, 0.4) is 0 Å². The van der Waals surface area contributed by atoms with Crippen molar-refractivity contribution in [2.24, 2.45) is 0 Å². The van der Waals surface area contributed by atoms with Gasteiger partial charge in [0.15, 0.2) is 0 Å². The van der Waals surface area contributed by atoms with Gasteiger partial charge in [-0.25, -0.2) is 4.79 Å². The van der Waals surface area contributed by atoms with Crippen LogP contribution in [-0.2, 0) is 17.8 Å². The van der Waals surface area contributed by atoms with Gasteiger partial charge in [-0.2, -0.15) is 0 Å². The first-order valence-electron chi connectivity index (χ1n) is 11.8. The van der Waals surface area contributed by atoms with E-state index in [1.165, 1.54) is 5.56 Å². The van der Waals surface area contributed by atoms with Crippen molar-refractivity contribution >= 4 is 29.0 Å². The normalized spacial score (nSPS) is 14.9. The molecule has 4 rings (SSSR count). The second-order valence-electron chi connectivity index (χ2n) is 8.83. The zero-order chi connectivity index (χ0) is 24.5. The number of rotatable bonds is 9. The maximum Gasteiger partial charge on any atom is 0.319 e. The minimum absolute atomic E-state index is 0.175. The molecule has 1 aromatic heterocycles. The van der Waals surface area contributed by atoms with Gasteiger partial charge in [0, 0.05) is 48.0 Å². The van der Waals surface area contributed by atoms with Gasteiger partial charge in [-0.1, -0.05) is 42.5 Å². The maximum absolute atomic E-state index is 12.8.